The lowest BCUT2D eigenvalue weighted by atomic mass is 9.85. The first-order valence-corrected chi connectivity index (χ1v) is 6.64. The van der Waals surface area contributed by atoms with Crippen molar-refractivity contribution in [1.82, 2.24) is 25.1 Å². The summed E-state index contributed by atoms with van der Waals surface area (Å²) >= 11 is 0. The molecule has 2 aromatic heterocycles. The molecule has 0 saturated carbocycles. The van der Waals surface area contributed by atoms with E-state index in [0.717, 1.165) is 30.3 Å². The van der Waals surface area contributed by atoms with Gasteiger partial charge in [0.1, 0.15) is 0 Å². The SMILES string of the molecule is CC(C)(C)C1NCCn2c(-c3ccncc3)nnc21. The summed E-state index contributed by atoms with van der Waals surface area (Å²) in [5.41, 5.74) is 1.20. The van der Waals surface area contributed by atoms with E-state index in [2.05, 4.69) is 45.8 Å². The van der Waals surface area contributed by atoms with E-state index in [9.17, 15) is 0 Å². The second-order valence-electron chi connectivity index (χ2n) is 6.02. The molecule has 2 aromatic rings. The summed E-state index contributed by atoms with van der Waals surface area (Å²) in [4.78, 5) is 4.05. The summed E-state index contributed by atoms with van der Waals surface area (Å²) < 4.78 is 2.22. The van der Waals surface area contributed by atoms with Gasteiger partial charge in [0.25, 0.3) is 0 Å². The highest BCUT2D eigenvalue weighted by molar-refractivity contribution is 5.54. The number of hydrogen-bond acceptors (Lipinski definition) is 4. The van der Waals surface area contributed by atoms with Crippen molar-refractivity contribution in [3.63, 3.8) is 0 Å². The molecule has 0 aliphatic carbocycles. The third kappa shape index (κ3) is 2.14. The average molecular weight is 257 g/mol. The van der Waals surface area contributed by atoms with Crippen molar-refractivity contribution in [3.05, 3.63) is 30.4 Å². The van der Waals surface area contributed by atoms with Gasteiger partial charge in [0.2, 0.25) is 0 Å². The van der Waals surface area contributed by atoms with Crippen LogP contribution in [0.4, 0.5) is 0 Å². The van der Waals surface area contributed by atoms with Gasteiger partial charge in [-0.15, -0.1) is 10.2 Å². The molecule has 1 aliphatic rings. The smallest absolute Gasteiger partial charge is 0.164 e. The molecule has 1 aliphatic heterocycles. The number of aromatic nitrogens is 4. The van der Waals surface area contributed by atoms with E-state index in [1.807, 2.05) is 12.1 Å². The van der Waals surface area contributed by atoms with Crippen LogP contribution in [-0.2, 0) is 6.54 Å². The van der Waals surface area contributed by atoms with Crippen LogP contribution in [0.5, 0.6) is 0 Å². The predicted molar refractivity (Wildman–Crippen MR) is 73.5 cm³/mol. The molecule has 1 N–H and O–H groups in total. The first-order chi connectivity index (χ1) is 9.07. The van der Waals surface area contributed by atoms with Crippen LogP contribution in [0, 0.1) is 5.41 Å². The maximum Gasteiger partial charge on any atom is 0.164 e. The van der Waals surface area contributed by atoms with Gasteiger partial charge in [-0.3, -0.25) is 4.98 Å². The molecule has 3 rings (SSSR count). The van der Waals surface area contributed by atoms with Crippen molar-refractivity contribution < 1.29 is 0 Å². The Morgan fingerprint density at radius 2 is 1.95 bits per heavy atom. The molecule has 0 fully saturated rings. The number of pyridine rings is 1. The fraction of sp³-hybridized carbons (Fsp3) is 0.500. The summed E-state index contributed by atoms with van der Waals surface area (Å²) in [6.45, 7) is 8.53. The first kappa shape index (κ1) is 12.3. The van der Waals surface area contributed by atoms with Gasteiger partial charge in [0.05, 0.1) is 6.04 Å². The molecule has 1 unspecified atom stereocenters. The van der Waals surface area contributed by atoms with Crippen molar-refractivity contribution >= 4 is 0 Å². The molecule has 0 saturated heterocycles. The van der Waals surface area contributed by atoms with Crippen LogP contribution >= 0.6 is 0 Å². The van der Waals surface area contributed by atoms with Crippen LogP contribution in [0.2, 0.25) is 0 Å². The standard InChI is InChI=1S/C14H19N5/c1-14(2,3)11-13-18-17-12(19(13)9-8-16-11)10-4-6-15-7-5-10/h4-7,11,16H,8-9H2,1-3H3. The Kier molecular flexibility index (Phi) is 2.86. The first-order valence-electron chi connectivity index (χ1n) is 6.64. The van der Waals surface area contributed by atoms with Gasteiger partial charge >= 0.3 is 0 Å². The summed E-state index contributed by atoms with van der Waals surface area (Å²) in [5, 5.41) is 12.3. The van der Waals surface area contributed by atoms with Gasteiger partial charge in [0, 0.05) is 31.0 Å². The Morgan fingerprint density at radius 3 is 2.63 bits per heavy atom. The minimum atomic E-state index is 0.126. The Labute approximate surface area is 113 Å². The zero-order chi connectivity index (χ0) is 13.5. The molecule has 0 bridgehead atoms. The molecule has 0 amide bonds. The van der Waals surface area contributed by atoms with E-state index in [4.69, 9.17) is 0 Å². The van der Waals surface area contributed by atoms with Gasteiger partial charge in [0.15, 0.2) is 11.6 Å². The van der Waals surface area contributed by atoms with E-state index >= 15 is 0 Å². The van der Waals surface area contributed by atoms with Crippen LogP contribution in [0.1, 0.15) is 32.6 Å². The van der Waals surface area contributed by atoms with Crippen LogP contribution < -0.4 is 5.32 Å². The number of rotatable bonds is 1. The fourth-order valence-corrected chi connectivity index (χ4v) is 2.57. The summed E-state index contributed by atoms with van der Waals surface area (Å²) in [6.07, 6.45) is 3.58. The molecular formula is C14H19N5. The van der Waals surface area contributed by atoms with Crippen LogP contribution in [-0.4, -0.2) is 26.3 Å². The van der Waals surface area contributed by atoms with Crippen LogP contribution in [0.25, 0.3) is 11.4 Å². The lowest BCUT2D eigenvalue weighted by Crippen LogP contribution is -2.40. The van der Waals surface area contributed by atoms with Crippen molar-refractivity contribution in [2.24, 2.45) is 5.41 Å². The van der Waals surface area contributed by atoms with E-state index in [1.54, 1.807) is 12.4 Å². The van der Waals surface area contributed by atoms with Gasteiger partial charge in [-0.1, -0.05) is 20.8 Å². The number of nitrogens with one attached hydrogen (secondary N) is 1. The maximum atomic E-state index is 4.41. The number of nitrogens with zero attached hydrogens (tertiary/aromatic N) is 4. The highest BCUT2D eigenvalue weighted by atomic mass is 15.3. The molecule has 1 atom stereocenters. The number of fused-ring (bicyclic) bond motifs is 1. The van der Waals surface area contributed by atoms with E-state index in [1.165, 1.54) is 0 Å². The van der Waals surface area contributed by atoms with E-state index in [0.29, 0.717) is 0 Å². The van der Waals surface area contributed by atoms with Crippen molar-refractivity contribution in [2.45, 2.75) is 33.4 Å². The van der Waals surface area contributed by atoms with Crippen LogP contribution in [0.3, 0.4) is 0 Å². The van der Waals surface area contributed by atoms with E-state index in [-0.39, 0.29) is 11.5 Å². The van der Waals surface area contributed by atoms with Gasteiger partial charge in [-0.25, -0.2) is 0 Å². The predicted octanol–water partition coefficient (Wildman–Crippen LogP) is 2.03. The molecule has 100 valence electrons. The molecule has 3 heterocycles. The van der Waals surface area contributed by atoms with Crippen molar-refractivity contribution in [2.75, 3.05) is 6.54 Å². The van der Waals surface area contributed by atoms with Gasteiger partial charge in [-0.05, 0) is 17.5 Å². The molecule has 19 heavy (non-hydrogen) atoms. The Hall–Kier alpha value is -1.75. The highest BCUT2D eigenvalue weighted by Gasteiger charge is 2.33. The van der Waals surface area contributed by atoms with Crippen molar-refractivity contribution in [3.8, 4) is 11.4 Å². The highest BCUT2D eigenvalue weighted by Crippen LogP contribution is 2.34. The summed E-state index contributed by atoms with van der Waals surface area (Å²) in [5.74, 6) is 1.97. The Morgan fingerprint density at radius 1 is 1.21 bits per heavy atom. The second-order valence-corrected chi connectivity index (χ2v) is 6.02. The van der Waals surface area contributed by atoms with Gasteiger partial charge in [-0.2, -0.15) is 0 Å². The quantitative estimate of drug-likeness (QED) is 0.849. The molecule has 0 radical (unpaired) electrons. The summed E-state index contributed by atoms with van der Waals surface area (Å²) in [6, 6.07) is 4.20. The minimum Gasteiger partial charge on any atom is -0.308 e. The molecular weight excluding hydrogens is 238 g/mol. The Balaban J connectivity index is 2.06. The topological polar surface area (TPSA) is 55.6 Å². The zero-order valence-corrected chi connectivity index (χ0v) is 11.6. The molecule has 5 nitrogen and oxygen atoms in total. The third-order valence-corrected chi connectivity index (χ3v) is 3.53. The maximum absolute atomic E-state index is 4.41. The van der Waals surface area contributed by atoms with Crippen molar-refractivity contribution in [1.29, 1.82) is 0 Å². The Bertz CT molecular complexity index is 567. The molecule has 5 heteroatoms. The van der Waals surface area contributed by atoms with E-state index < -0.39 is 0 Å². The van der Waals surface area contributed by atoms with Gasteiger partial charge < -0.3 is 9.88 Å². The third-order valence-electron chi connectivity index (χ3n) is 3.53. The van der Waals surface area contributed by atoms with Crippen LogP contribution in [0.15, 0.2) is 24.5 Å². The lowest BCUT2D eigenvalue weighted by molar-refractivity contribution is 0.234. The fourth-order valence-electron chi connectivity index (χ4n) is 2.57. The largest absolute Gasteiger partial charge is 0.308 e. The minimum absolute atomic E-state index is 0.126. The molecule has 0 aromatic carbocycles. The molecule has 0 spiro atoms. The second kappa shape index (κ2) is 4.42. The monoisotopic (exact) mass is 257 g/mol. The lowest BCUT2D eigenvalue weighted by Gasteiger charge is -2.34. The average Bonchev–Trinajstić information content (AvgIpc) is 2.82. The number of hydrogen-bond donors (Lipinski definition) is 1. The normalized spacial score (nSPS) is 19.2. The zero-order valence-electron chi connectivity index (χ0n) is 11.6. The summed E-state index contributed by atoms with van der Waals surface area (Å²) in [7, 11) is 0.